The molecule has 1 heterocycles. The zero-order chi connectivity index (χ0) is 12.3. The number of hydrogen-bond donors (Lipinski definition) is 0. The maximum atomic E-state index is 4.49. The maximum Gasteiger partial charge on any atom is 0.0629 e. The van der Waals surface area contributed by atoms with E-state index in [9.17, 15) is 0 Å². The number of aliphatic imine (C=N–C) groups is 1. The molecule has 0 saturated heterocycles. The van der Waals surface area contributed by atoms with Crippen molar-refractivity contribution in [2.45, 2.75) is 27.3 Å². The van der Waals surface area contributed by atoms with Crippen LogP contribution in [-0.4, -0.2) is 10.8 Å². The van der Waals surface area contributed by atoms with Crippen LogP contribution < -0.4 is 0 Å². The molecule has 1 aromatic heterocycles. The predicted octanol–water partition coefficient (Wildman–Crippen LogP) is 3.88. The second kappa shape index (κ2) is 5.00. The molecule has 2 aromatic rings. The minimum absolute atomic E-state index is 0.994. The van der Waals surface area contributed by atoms with Crippen LogP contribution in [-0.2, 0) is 6.54 Å². The molecule has 0 spiro atoms. The topological polar surface area (TPSA) is 17.3 Å². The molecule has 0 bridgehead atoms. The molecule has 0 atom stereocenters. The van der Waals surface area contributed by atoms with E-state index < -0.39 is 0 Å². The first-order valence-corrected chi connectivity index (χ1v) is 5.98. The summed E-state index contributed by atoms with van der Waals surface area (Å²) < 4.78 is 2.30. The first kappa shape index (κ1) is 11.6. The van der Waals surface area contributed by atoms with Crippen molar-refractivity contribution in [3.63, 3.8) is 0 Å². The Morgan fingerprint density at radius 3 is 2.47 bits per heavy atom. The van der Waals surface area contributed by atoms with Gasteiger partial charge in [-0.05, 0) is 39.0 Å². The van der Waals surface area contributed by atoms with E-state index in [1.165, 1.54) is 17.0 Å². The molecular weight excluding hydrogens is 208 g/mol. The second-order valence-corrected chi connectivity index (χ2v) is 4.16. The average Bonchev–Trinajstić information content (AvgIpc) is 2.63. The Bertz CT molecular complexity index is 521. The summed E-state index contributed by atoms with van der Waals surface area (Å²) in [6.45, 7) is 7.45. The van der Waals surface area contributed by atoms with Crippen LogP contribution in [0.4, 0.5) is 5.69 Å². The maximum absolute atomic E-state index is 4.49. The Balaban J connectivity index is 2.28. The van der Waals surface area contributed by atoms with E-state index in [1.807, 2.05) is 36.5 Å². The van der Waals surface area contributed by atoms with Crippen LogP contribution in [0.2, 0.25) is 0 Å². The Labute approximate surface area is 103 Å². The van der Waals surface area contributed by atoms with Crippen molar-refractivity contribution in [3.05, 3.63) is 53.3 Å². The molecular formula is C15H18N2. The summed E-state index contributed by atoms with van der Waals surface area (Å²) in [5, 5.41) is 0. The van der Waals surface area contributed by atoms with E-state index in [0.29, 0.717) is 0 Å². The van der Waals surface area contributed by atoms with Crippen LogP contribution in [0.25, 0.3) is 0 Å². The third-order valence-electron chi connectivity index (χ3n) is 3.04. The minimum Gasteiger partial charge on any atom is -0.349 e. The number of hydrogen-bond acceptors (Lipinski definition) is 1. The molecule has 0 aliphatic heterocycles. The van der Waals surface area contributed by atoms with Crippen molar-refractivity contribution in [1.82, 2.24) is 4.57 Å². The summed E-state index contributed by atoms with van der Waals surface area (Å²) >= 11 is 0. The summed E-state index contributed by atoms with van der Waals surface area (Å²) in [6.07, 6.45) is 1.95. The van der Waals surface area contributed by atoms with E-state index in [1.54, 1.807) is 0 Å². The molecule has 0 aliphatic rings. The van der Waals surface area contributed by atoms with Gasteiger partial charge in [0.2, 0.25) is 0 Å². The molecule has 2 rings (SSSR count). The monoisotopic (exact) mass is 226 g/mol. The van der Waals surface area contributed by atoms with Gasteiger partial charge < -0.3 is 4.57 Å². The quantitative estimate of drug-likeness (QED) is 0.707. The molecule has 0 amide bonds. The van der Waals surface area contributed by atoms with Crippen LogP contribution >= 0.6 is 0 Å². The summed E-state index contributed by atoms with van der Waals surface area (Å²) in [7, 11) is 0. The first-order chi connectivity index (χ1) is 8.22. The molecule has 0 saturated carbocycles. The van der Waals surface area contributed by atoms with Gasteiger partial charge in [0.05, 0.1) is 5.69 Å². The van der Waals surface area contributed by atoms with Crippen molar-refractivity contribution < 1.29 is 0 Å². The SMILES string of the molecule is CCn1c(C)cc(C=Nc2ccccc2)c1C. The molecule has 0 aliphatic carbocycles. The van der Waals surface area contributed by atoms with Crippen LogP contribution in [0.3, 0.4) is 0 Å². The van der Waals surface area contributed by atoms with Crippen molar-refractivity contribution in [3.8, 4) is 0 Å². The highest BCUT2D eigenvalue weighted by Crippen LogP contribution is 2.15. The number of para-hydroxylation sites is 1. The number of aryl methyl sites for hydroxylation is 1. The molecule has 0 unspecified atom stereocenters. The lowest BCUT2D eigenvalue weighted by Crippen LogP contribution is -1.99. The van der Waals surface area contributed by atoms with Gasteiger partial charge in [-0.3, -0.25) is 4.99 Å². The van der Waals surface area contributed by atoms with Crippen molar-refractivity contribution in [2.24, 2.45) is 4.99 Å². The zero-order valence-electron chi connectivity index (χ0n) is 10.6. The predicted molar refractivity (Wildman–Crippen MR) is 73.3 cm³/mol. The van der Waals surface area contributed by atoms with E-state index >= 15 is 0 Å². The Morgan fingerprint density at radius 1 is 1.18 bits per heavy atom. The Kier molecular flexibility index (Phi) is 3.43. The van der Waals surface area contributed by atoms with Gasteiger partial charge in [0.15, 0.2) is 0 Å². The lowest BCUT2D eigenvalue weighted by Gasteiger charge is -2.04. The smallest absolute Gasteiger partial charge is 0.0629 e. The molecule has 0 N–H and O–H groups in total. The normalized spacial score (nSPS) is 11.2. The zero-order valence-corrected chi connectivity index (χ0v) is 10.6. The van der Waals surface area contributed by atoms with Gasteiger partial charge >= 0.3 is 0 Å². The Morgan fingerprint density at radius 2 is 1.88 bits per heavy atom. The van der Waals surface area contributed by atoms with Crippen LogP contribution in [0.1, 0.15) is 23.9 Å². The second-order valence-electron chi connectivity index (χ2n) is 4.16. The third-order valence-corrected chi connectivity index (χ3v) is 3.04. The molecule has 1 aromatic carbocycles. The summed E-state index contributed by atoms with van der Waals surface area (Å²) in [6, 6.07) is 12.2. The summed E-state index contributed by atoms with van der Waals surface area (Å²) in [4.78, 5) is 4.49. The molecule has 88 valence electrons. The van der Waals surface area contributed by atoms with Gasteiger partial charge in [-0.15, -0.1) is 0 Å². The fourth-order valence-corrected chi connectivity index (χ4v) is 2.10. The largest absolute Gasteiger partial charge is 0.349 e. The standard InChI is InChI=1S/C15H18N2/c1-4-17-12(2)10-14(13(17)3)11-16-15-8-6-5-7-9-15/h5-11H,4H2,1-3H3. The van der Waals surface area contributed by atoms with Gasteiger partial charge in [0.1, 0.15) is 0 Å². The number of benzene rings is 1. The molecule has 2 nitrogen and oxygen atoms in total. The average molecular weight is 226 g/mol. The van der Waals surface area contributed by atoms with Gasteiger partial charge in [-0.25, -0.2) is 0 Å². The molecule has 17 heavy (non-hydrogen) atoms. The highest BCUT2D eigenvalue weighted by Gasteiger charge is 2.04. The molecule has 0 radical (unpaired) electrons. The fraction of sp³-hybridized carbons (Fsp3) is 0.267. The Hall–Kier alpha value is -1.83. The van der Waals surface area contributed by atoms with Crippen molar-refractivity contribution in [2.75, 3.05) is 0 Å². The van der Waals surface area contributed by atoms with Crippen molar-refractivity contribution in [1.29, 1.82) is 0 Å². The van der Waals surface area contributed by atoms with Gasteiger partial charge in [-0.2, -0.15) is 0 Å². The van der Waals surface area contributed by atoms with E-state index in [4.69, 9.17) is 0 Å². The number of rotatable bonds is 3. The van der Waals surface area contributed by atoms with Crippen LogP contribution in [0.5, 0.6) is 0 Å². The molecule has 2 heteroatoms. The van der Waals surface area contributed by atoms with Gasteiger partial charge in [-0.1, -0.05) is 18.2 Å². The van der Waals surface area contributed by atoms with Crippen LogP contribution in [0.15, 0.2) is 41.4 Å². The lowest BCUT2D eigenvalue weighted by atomic mass is 10.2. The van der Waals surface area contributed by atoms with Gasteiger partial charge in [0, 0.05) is 29.7 Å². The fourth-order valence-electron chi connectivity index (χ4n) is 2.10. The van der Waals surface area contributed by atoms with Crippen molar-refractivity contribution >= 4 is 11.9 Å². The van der Waals surface area contributed by atoms with Gasteiger partial charge in [0.25, 0.3) is 0 Å². The van der Waals surface area contributed by atoms with E-state index in [0.717, 1.165) is 12.2 Å². The summed E-state index contributed by atoms with van der Waals surface area (Å²) in [5.74, 6) is 0. The number of nitrogens with zero attached hydrogens (tertiary/aromatic N) is 2. The van der Waals surface area contributed by atoms with E-state index in [2.05, 4.69) is 36.4 Å². The lowest BCUT2D eigenvalue weighted by molar-refractivity contribution is 0.718. The number of aromatic nitrogens is 1. The van der Waals surface area contributed by atoms with Crippen LogP contribution in [0, 0.1) is 13.8 Å². The van der Waals surface area contributed by atoms with E-state index in [-0.39, 0.29) is 0 Å². The third kappa shape index (κ3) is 2.47. The summed E-state index contributed by atoms with van der Waals surface area (Å²) in [5.41, 5.74) is 4.77. The minimum atomic E-state index is 0.994. The molecule has 0 fully saturated rings. The first-order valence-electron chi connectivity index (χ1n) is 5.98. The highest BCUT2D eigenvalue weighted by atomic mass is 15.0. The highest BCUT2D eigenvalue weighted by molar-refractivity contribution is 5.83.